The standard InChI is InChI=1S/C24H26Cl2FNO4/c25-18-7-6-17(16-19(18)26)23(29)28-11-9-24(27,10-12-28)8-1-2-13-30-20-4-3-5-21-22(20)32-15-14-31-21/h3-7,16H,1-2,8-15H2. The quantitative estimate of drug-likeness (QED) is 0.457. The molecule has 0 spiro atoms. The molecule has 5 nitrogen and oxygen atoms in total. The molecule has 4 rings (SSSR count). The molecule has 2 aliphatic rings. The van der Waals surface area contributed by atoms with Gasteiger partial charge in [-0.05, 0) is 62.4 Å². The topological polar surface area (TPSA) is 48.0 Å². The molecule has 0 unspecified atom stereocenters. The minimum atomic E-state index is -1.25. The maximum absolute atomic E-state index is 15.3. The summed E-state index contributed by atoms with van der Waals surface area (Å²) in [6, 6.07) is 10.4. The minimum Gasteiger partial charge on any atom is -0.490 e. The SMILES string of the molecule is O=C(c1ccc(Cl)c(Cl)c1)N1CCC(F)(CCCCOc2cccc3c2OCCO3)CC1. The Bertz CT molecular complexity index is 963. The fourth-order valence-electron chi connectivity index (χ4n) is 4.06. The highest BCUT2D eigenvalue weighted by molar-refractivity contribution is 6.42. The van der Waals surface area contributed by atoms with Crippen LogP contribution >= 0.6 is 23.2 Å². The van der Waals surface area contributed by atoms with E-state index in [0.29, 0.717) is 91.5 Å². The zero-order valence-electron chi connectivity index (χ0n) is 17.7. The van der Waals surface area contributed by atoms with Crippen LogP contribution in [0, 0.1) is 0 Å². The molecule has 1 amide bonds. The molecular formula is C24H26Cl2FNO4. The van der Waals surface area contributed by atoms with E-state index < -0.39 is 5.67 Å². The first-order chi connectivity index (χ1) is 15.5. The van der Waals surface area contributed by atoms with Gasteiger partial charge in [-0.3, -0.25) is 4.79 Å². The van der Waals surface area contributed by atoms with Crippen molar-refractivity contribution < 1.29 is 23.4 Å². The van der Waals surface area contributed by atoms with Gasteiger partial charge in [0.2, 0.25) is 5.75 Å². The van der Waals surface area contributed by atoms with Gasteiger partial charge in [0, 0.05) is 18.7 Å². The molecule has 32 heavy (non-hydrogen) atoms. The van der Waals surface area contributed by atoms with Crippen LogP contribution in [-0.4, -0.2) is 49.4 Å². The number of nitrogens with zero attached hydrogens (tertiary/aromatic N) is 1. The number of benzene rings is 2. The summed E-state index contributed by atoms with van der Waals surface area (Å²) in [7, 11) is 0. The minimum absolute atomic E-state index is 0.142. The average molecular weight is 482 g/mol. The zero-order valence-corrected chi connectivity index (χ0v) is 19.3. The number of piperidine rings is 1. The van der Waals surface area contributed by atoms with E-state index in [1.54, 1.807) is 23.1 Å². The summed E-state index contributed by atoms with van der Waals surface area (Å²) >= 11 is 11.9. The lowest BCUT2D eigenvalue weighted by atomic mass is 9.88. The number of hydrogen-bond acceptors (Lipinski definition) is 4. The number of hydrogen-bond donors (Lipinski definition) is 0. The third kappa shape index (κ3) is 5.41. The second-order valence-electron chi connectivity index (χ2n) is 8.16. The Morgan fingerprint density at radius 3 is 2.62 bits per heavy atom. The van der Waals surface area contributed by atoms with Crippen molar-refractivity contribution in [3.8, 4) is 17.2 Å². The summed E-state index contributed by atoms with van der Waals surface area (Å²) < 4.78 is 32.3. The van der Waals surface area contributed by atoms with E-state index in [4.69, 9.17) is 37.4 Å². The number of ether oxygens (including phenoxy) is 3. The van der Waals surface area contributed by atoms with E-state index in [-0.39, 0.29) is 5.91 Å². The average Bonchev–Trinajstić information content (AvgIpc) is 2.81. The lowest BCUT2D eigenvalue weighted by Crippen LogP contribution is -2.44. The van der Waals surface area contributed by atoms with Crippen molar-refractivity contribution >= 4 is 29.1 Å². The highest BCUT2D eigenvalue weighted by atomic mass is 35.5. The Morgan fingerprint density at radius 1 is 1.06 bits per heavy atom. The Morgan fingerprint density at radius 2 is 1.84 bits per heavy atom. The molecule has 2 aromatic rings. The van der Waals surface area contributed by atoms with Crippen molar-refractivity contribution in [1.82, 2.24) is 4.90 Å². The first kappa shape index (κ1) is 23.0. The van der Waals surface area contributed by atoms with E-state index >= 15 is 4.39 Å². The number of carbonyl (C=O) groups is 1. The van der Waals surface area contributed by atoms with E-state index in [1.807, 2.05) is 18.2 Å². The molecule has 1 saturated heterocycles. The highest BCUT2D eigenvalue weighted by Gasteiger charge is 2.35. The van der Waals surface area contributed by atoms with Gasteiger partial charge >= 0.3 is 0 Å². The van der Waals surface area contributed by atoms with Crippen molar-refractivity contribution in [2.45, 2.75) is 37.8 Å². The van der Waals surface area contributed by atoms with Gasteiger partial charge in [-0.25, -0.2) is 4.39 Å². The first-order valence-electron chi connectivity index (χ1n) is 10.9. The molecule has 0 aromatic heterocycles. The normalized spacial score (nSPS) is 17.2. The molecule has 2 heterocycles. The van der Waals surface area contributed by atoms with Crippen LogP contribution in [0.25, 0.3) is 0 Å². The lowest BCUT2D eigenvalue weighted by Gasteiger charge is -2.36. The molecule has 1 fully saturated rings. The summed E-state index contributed by atoms with van der Waals surface area (Å²) in [5.74, 6) is 1.85. The number of carbonyl (C=O) groups excluding carboxylic acids is 1. The van der Waals surface area contributed by atoms with E-state index in [0.717, 1.165) is 6.42 Å². The van der Waals surface area contributed by atoms with Crippen molar-refractivity contribution in [2.75, 3.05) is 32.9 Å². The molecule has 0 N–H and O–H groups in total. The van der Waals surface area contributed by atoms with Crippen LogP contribution in [0.4, 0.5) is 4.39 Å². The summed E-state index contributed by atoms with van der Waals surface area (Å²) in [4.78, 5) is 14.4. The third-order valence-corrected chi connectivity index (χ3v) is 6.66. The summed E-state index contributed by atoms with van der Waals surface area (Å²) in [5.41, 5.74) is -0.780. The van der Waals surface area contributed by atoms with Crippen LogP contribution < -0.4 is 14.2 Å². The highest BCUT2D eigenvalue weighted by Crippen LogP contribution is 2.39. The number of fused-ring (bicyclic) bond motifs is 1. The van der Waals surface area contributed by atoms with Gasteiger partial charge in [0.15, 0.2) is 11.5 Å². The molecule has 2 aromatic carbocycles. The molecule has 2 aliphatic heterocycles. The second kappa shape index (κ2) is 10.2. The number of likely N-dealkylation sites (tertiary alicyclic amines) is 1. The third-order valence-electron chi connectivity index (χ3n) is 5.92. The molecular weight excluding hydrogens is 456 g/mol. The van der Waals surface area contributed by atoms with Crippen LogP contribution in [0.15, 0.2) is 36.4 Å². The fourth-order valence-corrected chi connectivity index (χ4v) is 4.36. The molecule has 172 valence electrons. The maximum atomic E-state index is 15.3. The van der Waals surface area contributed by atoms with Crippen molar-refractivity contribution in [2.24, 2.45) is 0 Å². The van der Waals surface area contributed by atoms with Crippen LogP contribution in [0.1, 0.15) is 42.5 Å². The van der Waals surface area contributed by atoms with Gasteiger partial charge in [0.25, 0.3) is 5.91 Å². The Labute approximate surface area is 197 Å². The number of halogens is 3. The fraction of sp³-hybridized carbons (Fsp3) is 0.458. The van der Waals surface area contributed by atoms with Crippen molar-refractivity contribution in [1.29, 1.82) is 0 Å². The molecule has 0 bridgehead atoms. The molecule has 0 atom stereocenters. The maximum Gasteiger partial charge on any atom is 0.253 e. The summed E-state index contributed by atoms with van der Waals surface area (Å²) in [6.45, 7) is 2.30. The Hall–Kier alpha value is -2.18. The summed E-state index contributed by atoms with van der Waals surface area (Å²) in [5, 5.41) is 0.744. The van der Waals surface area contributed by atoms with Gasteiger partial charge in [-0.15, -0.1) is 0 Å². The number of para-hydroxylation sites is 1. The number of alkyl halides is 1. The lowest BCUT2D eigenvalue weighted by molar-refractivity contribution is 0.0382. The van der Waals surface area contributed by atoms with Crippen LogP contribution in [0.3, 0.4) is 0 Å². The Kier molecular flexibility index (Phi) is 7.31. The summed E-state index contributed by atoms with van der Waals surface area (Å²) in [6.07, 6.45) is 2.57. The monoisotopic (exact) mass is 481 g/mol. The predicted octanol–water partition coefficient (Wildman–Crippen LogP) is 5.96. The number of unbranched alkanes of at least 4 members (excludes halogenated alkanes) is 1. The number of rotatable bonds is 7. The van der Waals surface area contributed by atoms with Crippen LogP contribution in [-0.2, 0) is 0 Å². The number of amides is 1. The van der Waals surface area contributed by atoms with Crippen LogP contribution in [0.5, 0.6) is 17.2 Å². The van der Waals surface area contributed by atoms with Crippen molar-refractivity contribution in [3.63, 3.8) is 0 Å². The zero-order chi connectivity index (χ0) is 22.6. The largest absolute Gasteiger partial charge is 0.490 e. The van der Waals surface area contributed by atoms with Gasteiger partial charge in [0.05, 0.1) is 16.7 Å². The molecule has 0 radical (unpaired) electrons. The molecule has 0 saturated carbocycles. The Balaban J connectivity index is 1.20. The van der Waals surface area contributed by atoms with E-state index in [9.17, 15) is 4.79 Å². The second-order valence-corrected chi connectivity index (χ2v) is 8.97. The molecule has 8 heteroatoms. The molecule has 0 aliphatic carbocycles. The van der Waals surface area contributed by atoms with Crippen molar-refractivity contribution in [3.05, 3.63) is 52.0 Å². The van der Waals surface area contributed by atoms with E-state index in [1.165, 1.54) is 0 Å². The van der Waals surface area contributed by atoms with Gasteiger partial charge in [0.1, 0.15) is 18.9 Å². The van der Waals surface area contributed by atoms with Gasteiger partial charge in [-0.1, -0.05) is 29.3 Å². The van der Waals surface area contributed by atoms with E-state index in [2.05, 4.69) is 0 Å². The van der Waals surface area contributed by atoms with Gasteiger partial charge < -0.3 is 19.1 Å². The first-order valence-corrected chi connectivity index (χ1v) is 11.7. The van der Waals surface area contributed by atoms with Gasteiger partial charge in [-0.2, -0.15) is 0 Å². The van der Waals surface area contributed by atoms with Crippen LogP contribution in [0.2, 0.25) is 10.0 Å². The smallest absolute Gasteiger partial charge is 0.253 e. The predicted molar refractivity (Wildman–Crippen MR) is 122 cm³/mol.